The number of likely N-dealkylation sites (N-methyl/N-ethyl adjacent to an activating group) is 1. The van der Waals surface area contributed by atoms with E-state index in [4.69, 9.17) is 5.73 Å². The molecule has 1 aromatic heterocycles. The maximum absolute atomic E-state index is 5.47. The molecule has 3 N–H and O–H groups in total. The quantitative estimate of drug-likeness (QED) is 0.729. The molecule has 5 nitrogen and oxygen atoms in total. The second-order valence-electron chi connectivity index (χ2n) is 3.53. The molecule has 0 radical (unpaired) electrons. The molecule has 1 rings (SSSR count). The Labute approximate surface area is 84.3 Å². The van der Waals surface area contributed by atoms with Gasteiger partial charge in [-0.05, 0) is 21.0 Å². The van der Waals surface area contributed by atoms with Gasteiger partial charge in [-0.3, -0.25) is 0 Å². The molecule has 0 aliphatic heterocycles. The highest BCUT2D eigenvalue weighted by molar-refractivity contribution is 5.35. The van der Waals surface area contributed by atoms with Crippen molar-refractivity contribution >= 4 is 11.6 Å². The number of nitrogen functional groups attached to an aromatic ring is 1. The summed E-state index contributed by atoms with van der Waals surface area (Å²) in [6, 6.07) is 0.441. The van der Waals surface area contributed by atoms with E-state index in [0.717, 1.165) is 6.54 Å². The highest BCUT2D eigenvalue weighted by Gasteiger charge is 2.04. The number of anilines is 2. The van der Waals surface area contributed by atoms with Gasteiger partial charge in [-0.15, -0.1) is 0 Å². The molecule has 0 aromatic carbocycles. The Hall–Kier alpha value is -1.36. The minimum Gasteiger partial charge on any atom is -0.396 e. The highest BCUT2D eigenvalue weighted by Crippen LogP contribution is 2.01. The lowest BCUT2D eigenvalue weighted by molar-refractivity contribution is 0.326. The van der Waals surface area contributed by atoms with Crippen LogP contribution in [0.1, 0.15) is 6.92 Å². The van der Waals surface area contributed by atoms with Crippen LogP contribution < -0.4 is 11.1 Å². The second kappa shape index (κ2) is 4.76. The van der Waals surface area contributed by atoms with Crippen LogP contribution in [0.15, 0.2) is 12.4 Å². The maximum atomic E-state index is 5.47. The van der Waals surface area contributed by atoms with Gasteiger partial charge >= 0.3 is 0 Å². The third-order valence-electron chi connectivity index (χ3n) is 2.11. The van der Waals surface area contributed by atoms with E-state index in [9.17, 15) is 0 Å². The van der Waals surface area contributed by atoms with Crippen LogP contribution >= 0.6 is 0 Å². The summed E-state index contributed by atoms with van der Waals surface area (Å²) in [7, 11) is 4.08. The molecule has 0 spiro atoms. The SMILES string of the molecule is CC(CNc1ncc(N)cn1)N(C)C. The number of hydrogen-bond acceptors (Lipinski definition) is 5. The molecule has 1 unspecified atom stereocenters. The van der Waals surface area contributed by atoms with E-state index in [1.54, 1.807) is 12.4 Å². The zero-order chi connectivity index (χ0) is 10.6. The number of nitrogens with zero attached hydrogens (tertiary/aromatic N) is 3. The van der Waals surface area contributed by atoms with Crippen LogP contribution in [0.2, 0.25) is 0 Å². The molecule has 0 bridgehead atoms. The molecular weight excluding hydrogens is 178 g/mol. The fourth-order valence-electron chi connectivity index (χ4n) is 0.851. The van der Waals surface area contributed by atoms with Gasteiger partial charge in [0.25, 0.3) is 0 Å². The van der Waals surface area contributed by atoms with Gasteiger partial charge in [0.1, 0.15) is 0 Å². The van der Waals surface area contributed by atoms with Crippen molar-refractivity contribution < 1.29 is 0 Å². The van der Waals surface area contributed by atoms with E-state index in [2.05, 4.69) is 27.1 Å². The van der Waals surface area contributed by atoms with E-state index < -0.39 is 0 Å². The molecule has 1 atom stereocenters. The highest BCUT2D eigenvalue weighted by atomic mass is 15.2. The minimum atomic E-state index is 0.441. The van der Waals surface area contributed by atoms with Crippen LogP contribution in [0.25, 0.3) is 0 Å². The Morgan fingerprint density at radius 2 is 2.00 bits per heavy atom. The van der Waals surface area contributed by atoms with Crippen LogP contribution in [-0.2, 0) is 0 Å². The average molecular weight is 195 g/mol. The van der Waals surface area contributed by atoms with Crippen LogP contribution in [0.4, 0.5) is 11.6 Å². The first kappa shape index (κ1) is 10.7. The van der Waals surface area contributed by atoms with Gasteiger partial charge in [0, 0.05) is 12.6 Å². The van der Waals surface area contributed by atoms with E-state index in [0.29, 0.717) is 17.7 Å². The van der Waals surface area contributed by atoms with Crippen molar-refractivity contribution in [2.45, 2.75) is 13.0 Å². The van der Waals surface area contributed by atoms with Crippen molar-refractivity contribution in [3.8, 4) is 0 Å². The minimum absolute atomic E-state index is 0.441. The van der Waals surface area contributed by atoms with Crippen molar-refractivity contribution in [1.29, 1.82) is 0 Å². The summed E-state index contributed by atoms with van der Waals surface area (Å²) < 4.78 is 0. The molecule has 78 valence electrons. The van der Waals surface area contributed by atoms with Gasteiger partial charge < -0.3 is 16.0 Å². The van der Waals surface area contributed by atoms with Crippen LogP contribution in [0.3, 0.4) is 0 Å². The van der Waals surface area contributed by atoms with E-state index in [1.807, 2.05) is 14.1 Å². The molecule has 14 heavy (non-hydrogen) atoms. The van der Waals surface area contributed by atoms with Crippen molar-refractivity contribution in [2.75, 3.05) is 31.7 Å². The molecule has 0 aliphatic carbocycles. The number of aromatic nitrogens is 2. The largest absolute Gasteiger partial charge is 0.396 e. The van der Waals surface area contributed by atoms with Gasteiger partial charge in [-0.1, -0.05) is 0 Å². The molecule has 1 aromatic rings. The van der Waals surface area contributed by atoms with Gasteiger partial charge in [-0.25, -0.2) is 9.97 Å². The first-order chi connectivity index (χ1) is 6.59. The average Bonchev–Trinajstić information content (AvgIpc) is 2.16. The number of rotatable bonds is 4. The van der Waals surface area contributed by atoms with Gasteiger partial charge in [-0.2, -0.15) is 0 Å². The molecule has 0 fully saturated rings. The van der Waals surface area contributed by atoms with E-state index in [1.165, 1.54) is 0 Å². The third-order valence-corrected chi connectivity index (χ3v) is 2.11. The predicted molar refractivity (Wildman–Crippen MR) is 58.1 cm³/mol. The topological polar surface area (TPSA) is 67.1 Å². The van der Waals surface area contributed by atoms with Gasteiger partial charge in [0.15, 0.2) is 0 Å². The van der Waals surface area contributed by atoms with Crippen molar-refractivity contribution in [2.24, 2.45) is 0 Å². The van der Waals surface area contributed by atoms with Crippen molar-refractivity contribution in [1.82, 2.24) is 14.9 Å². The molecule has 5 heteroatoms. The lowest BCUT2D eigenvalue weighted by Crippen LogP contribution is -2.31. The second-order valence-corrected chi connectivity index (χ2v) is 3.53. The fraction of sp³-hybridized carbons (Fsp3) is 0.556. The summed E-state index contributed by atoms with van der Waals surface area (Å²) in [5, 5.41) is 3.13. The summed E-state index contributed by atoms with van der Waals surface area (Å²) in [6.45, 7) is 2.95. The van der Waals surface area contributed by atoms with Crippen LogP contribution in [-0.4, -0.2) is 41.5 Å². The van der Waals surface area contributed by atoms with Crippen molar-refractivity contribution in [3.05, 3.63) is 12.4 Å². The first-order valence-corrected chi connectivity index (χ1v) is 4.57. The Balaban J connectivity index is 2.42. The maximum Gasteiger partial charge on any atom is 0.222 e. The normalized spacial score (nSPS) is 12.9. The monoisotopic (exact) mass is 195 g/mol. The molecule has 1 heterocycles. The number of hydrogen-bond donors (Lipinski definition) is 2. The smallest absolute Gasteiger partial charge is 0.222 e. The summed E-state index contributed by atoms with van der Waals surface area (Å²) in [5.74, 6) is 0.618. The Bertz CT molecular complexity index is 269. The summed E-state index contributed by atoms with van der Waals surface area (Å²) in [6.07, 6.45) is 3.19. The Morgan fingerprint density at radius 3 is 2.50 bits per heavy atom. The van der Waals surface area contributed by atoms with E-state index >= 15 is 0 Å². The molecule has 0 aliphatic rings. The van der Waals surface area contributed by atoms with Crippen LogP contribution in [0.5, 0.6) is 0 Å². The molecular formula is C9H17N5. The Kier molecular flexibility index (Phi) is 3.64. The summed E-state index contributed by atoms with van der Waals surface area (Å²) >= 11 is 0. The zero-order valence-corrected chi connectivity index (χ0v) is 8.86. The lowest BCUT2D eigenvalue weighted by atomic mass is 10.3. The summed E-state index contributed by atoms with van der Waals surface area (Å²) in [4.78, 5) is 10.2. The number of nitrogens with two attached hydrogens (primary N) is 1. The summed E-state index contributed by atoms with van der Waals surface area (Å²) in [5.41, 5.74) is 6.05. The molecule has 0 saturated carbocycles. The predicted octanol–water partition coefficient (Wildman–Crippen LogP) is 0.421. The van der Waals surface area contributed by atoms with Gasteiger partial charge in [0.05, 0.1) is 18.1 Å². The standard InChI is InChI=1S/C9H17N5/c1-7(14(2)3)4-11-9-12-5-8(10)6-13-9/h5-7H,4,10H2,1-3H3,(H,11,12,13). The van der Waals surface area contributed by atoms with Crippen LogP contribution in [0, 0.1) is 0 Å². The number of nitrogens with one attached hydrogen (secondary N) is 1. The lowest BCUT2D eigenvalue weighted by Gasteiger charge is -2.19. The first-order valence-electron chi connectivity index (χ1n) is 4.57. The molecule has 0 saturated heterocycles. The molecule has 0 amide bonds. The van der Waals surface area contributed by atoms with E-state index in [-0.39, 0.29) is 0 Å². The zero-order valence-electron chi connectivity index (χ0n) is 8.86. The third kappa shape index (κ3) is 3.18. The van der Waals surface area contributed by atoms with Gasteiger partial charge in [0.2, 0.25) is 5.95 Å². The fourth-order valence-corrected chi connectivity index (χ4v) is 0.851. The Morgan fingerprint density at radius 1 is 1.43 bits per heavy atom. The van der Waals surface area contributed by atoms with Crippen molar-refractivity contribution in [3.63, 3.8) is 0 Å².